The SMILES string of the molecule is NC(=O)[C@@H]1CC[C@H](NC2C3CC4CC(C3)CC2C4)C1. The Labute approximate surface area is 115 Å². The molecule has 5 rings (SSSR count). The van der Waals surface area contributed by atoms with E-state index in [1.165, 1.54) is 32.1 Å². The molecule has 5 aliphatic carbocycles. The van der Waals surface area contributed by atoms with E-state index in [2.05, 4.69) is 5.32 Å². The highest BCUT2D eigenvalue weighted by Gasteiger charge is 2.48. The van der Waals surface area contributed by atoms with Crippen LogP contribution >= 0.6 is 0 Å². The predicted octanol–water partition coefficient (Wildman–Crippen LogP) is 2.05. The number of carbonyl (C=O) groups is 1. The van der Waals surface area contributed by atoms with Gasteiger partial charge in [-0.15, -0.1) is 0 Å². The van der Waals surface area contributed by atoms with Gasteiger partial charge < -0.3 is 11.1 Å². The lowest BCUT2D eigenvalue weighted by Gasteiger charge is -2.55. The molecule has 19 heavy (non-hydrogen) atoms. The zero-order valence-corrected chi connectivity index (χ0v) is 11.7. The summed E-state index contributed by atoms with van der Waals surface area (Å²) in [5, 5.41) is 3.94. The first-order valence-corrected chi connectivity index (χ1v) is 8.24. The van der Waals surface area contributed by atoms with E-state index in [1.54, 1.807) is 0 Å². The van der Waals surface area contributed by atoms with E-state index in [-0.39, 0.29) is 11.8 Å². The molecule has 3 N–H and O–H groups in total. The standard InChI is InChI=1S/C16H26N2O/c17-16(19)11-1-2-14(8-11)18-15-12-4-9-3-10(6-12)7-13(15)5-9/h9-15,18H,1-8H2,(H2,17,19)/t9?,10?,11-,12?,13?,14+,15?/m1/s1. The number of primary amides is 1. The molecule has 3 nitrogen and oxygen atoms in total. The van der Waals surface area contributed by atoms with Gasteiger partial charge >= 0.3 is 0 Å². The van der Waals surface area contributed by atoms with Gasteiger partial charge in [0.1, 0.15) is 0 Å². The summed E-state index contributed by atoms with van der Waals surface area (Å²) in [6, 6.07) is 1.31. The lowest BCUT2D eigenvalue weighted by atomic mass is 9.54. The van der Waals surface area contributed by atoms with E-state index < -0.39 is 0 Å². The van der Waals surface area contributed by atoms with E-state index in [1.807, 2.05) is 0 Å². The summed E-state index contributed by atoms with van der Waals surface area (Å²) in [6.45, 7) is 0. The van der Waals surface area contributed by atoms with Gasteiger partial charge in [-0.25, -0.2) is 0 Å². The van der Waals surface area contributed by atoms with Gasteiger partial charge in [-0.3, -0.25) is 4.79 Å². The second-order valence-corrected chi connectivity index (χ2v) is 7.73. The molecule has 4 bridgehead atoms. The van der Waals surface area contributed by atoms with Crippen molar-refractivity contribution in [2.45, 2.75) is 63.5 Å². The van der Waals surface area contributed by atoms with Crippen LogP contribution in [0, 0.1) is 29.6 Å². The maximum absolute atomic E-state index is 11.3. The van der Waals surface area contributed by atoms with Crippen molar-refractivity contribution in [3.63, 3.8) is 0 Å². The summed E-state index contributed by atoms with van der Waals surface area (Å²) in [7, 11) is 0. The molecule has 5 aliphatic rings. The molecule has 106 valence electrons. The fourth-order valence-electron chi connectivity index (χ4n) is 5.86. The van der Waals surface area contributed by atoms with Crippen LogP contribution in [0.3, 0.4) is 0 Å². The smallest absolute Gasteiger partial charge is 0.220 e. The van der Waals surface area contributed by atoms with E-state index in [9.17, 15) is 4.79 Å². The van der Waals surface area contributed by atoms with Crippen LogP contribution < -0.4 is 11.1 Å². The van der Waals surface area contributed by atoms with Gasteiger partial charge in [0.25, 0.3) is 0 Å². The van der Waals surface area contributed by atoms with Crippen LogP contribution in [0.2, 0.25) is 0 Å². The molecule has 0 aliphatic heterocycles. The van der Waals surface area contributed by atoms with E-state index in [4.69, 9.17) is 5.73 Å². The van der Waals surface area contributed by atoms with Crippen LogP contribution in [-0.2, 0) is 4.79 Å². The second-order valence-electron chi connectivity index (χ2n) is 7.73. The Bertz CT molecular complexity index is 353. The van der Waals surface area contributed by atoms with Crippen LogP contribution in [-0.4, -0.2) is 18.0 Å². The third-order valence-electron chi connectivity index (χ3n) is 6.49. The van der Waals surface area contributed by atoms with Gasteiger partial charge in [0.2, 0.25) is 5.91 Å². The zero-order valence-electron chi connectivity index (χ0n) is 11.7. The van der Waals surface area contributed by atoms with Crippen LogP contribution in [0.25, 0.3) is 0 Å². The van der Waals surface area contributed by atoms with E-state index in [0.29, 0.717) is 6.04 Å². The van der Waals surface area contributed by atoms with Crippen molar-refractivity contribution in [1.82, 2.24) is 5.32 Å². The Balaban J connectivity index is 1.40. The molecule has 5 saturated carbocycles. The molecule has 2 atom stereocenters. The highest BCUT2D eigenvalue weighted by atomic mass is 16.1. The quantitative estimate of drug-likeness (QED) is 0.818. The predicted molar refractivity (Wildman–Crippen MR) is 74.3 cm³/mol. The summed E-state index contributed by atoms with van der Waals surface area (Å²) in [5.74, 6) is 4.00. The Morgan fingerprint density at radius 1 is 0.895 bits per heavy atom. The van der Waals surface area contributed by atoms with Gasteiger partial charge in [-0.1, -0.05) is 0 Å². The van der Waals surface area contributed by atoms with Crippen molar-refractivity contribution in [3.05, 3.63) is 0 Å². The Morgan fingerprint density at radius 3 is 2.05 bits per heavy atom. The molecule has 0 aromatic heterocycles. The molecule has 0 radical (unpaired) electrons. The van der Waals surface area contributed by atoms with Crippen molar-refractivity contribution in [1.29, 1.82) is 0 Å². The largest absolute Gasteiger partial charge is 0.369 e. The summed E-state index contributed by atoms with van der Waals surface area (Å²) in [5.41, 5.74) is 5.44. The van der Waals surface area contributed by atoms with Gasteiger partial charge in [0, 0.05) is 18.0 Å². The minimum absolute atomic E-state index is 0.0885. The molecule has 1 amide bonds. The maximum atomic E-state index is 11.3. The minimum Gasteiger partial charge on any atom is -0.369 e. The normalized spacial score (nSPS) is 51.7. The average molecular weight is 262 g/mol. The summed E-state index contributed by atoms with van der Waals surface area (Å²) >= 11 is 0. The van der Waals surface area contributed by atoms with Crippen molar-refractivity contribution in [3.8, 4) is 0 Å². The van der Waals surface area contributed by atoms with Gasteiger partial charge in [-0.05, 0) is 75.0 Å². The number of nitrogens with one attached hydrogen (secondary N) is 1. The molecular weight excluding hydrogens is 236 g/mol. The Hall–Kier alpha value is -0.570. The fraction of sp³-hybridized carbons (Fsp3) is 0.938. The average Bonchev–Trinajstić information content (AvgIpc) is 2.81. The van der Waals surface area contributed by atoms with Gasteiger partial charge in [0.05, 0.1) is 0 Å². The first-order valence-electron chi connectivity index (χ1n) is 8.24. The monoisotopic (exact) mass is 262 g/mol. The Morgan fingerprint density at radius 2 is 1.53 bits per heavy atom. The summed E-state index contributed by atoms with van der Waals surface area (Å²) in [4.78, 5) is 11.3. The molecule has 5 fully saturated rings. The van der Waals surface area contributed by atoms with Gasteiger partial charge in [0.15, 0.2) is 0 Å². The lowest BCUT2D eigenvalue weighted by molar-refractivity contribution is -0.121. The van der Waals surface area contributed by atoms with Gasteiger partial charge in [-0.2, -0.15) is 0 Å². The first kappa shape index (κ1) is 12.2. The molecule has 3 heteroatoms. The second kappa shape index (κ2) is 4.47. The molecule has 0 saturated heterocycles. The number of rotatable bonds is 3. The molecule has 0 aromatic rings. The van der Waals surface area contributed by atoms with E-state index in [0.717, 1.165) is 49.0 Å². The molecule has 0 spiro atoms. The van der Waals surface area contributed by atoms with Crippen molar-refractivity contribution >= 4 is 5.91 Å². The first-order chi connectivity index (χ1) is 9.19. The third kappa shape index (κ3) is 2.10. The summed E-state index contributed by atoms with van der Waals surface area (Å²) in [6.07, 6.45) is 10.5. The van der Waals surface area contributed by atoms with Crippen LogP contribution in [0.5, 0.6) is 0 Å². The lowest BCUT2D eigenvalue weighted by Crippen LogP contribution is -2.56. The number of carbonyl (C=O) groups excluding carboxylic acids is 1. The fourth-order valence-corrected chi connectivity index (χ4v) is 5.86. The van der Waals surface area contributed by atoms with Crippen LogP contribution in [0.15, 0.2) is 0 Å². The number of nitrogens with two attached hydrogens (primary N) is 1. The molecular formula is C16H26N2O. The van der Waals surface area contributed by atoms with Crippen LogP contribution in [0.4, 0.5) is 0 Å². The highest BCUT2D eigenvalue weighted by Crippen LogP contribution is 2.54. The maximum Gasteiger partial charge on any atom is 0.220 e. The third-order valence-corrected chi connectivity index (χ3v) is 6.49. The molecule has 0 unspecified atom stereocenters. The van der Waals surface area contributed by atoms with Crippen molar-refractivity contribution in [2.24, 2.45) is 35.3 Å². The Kier molecular flexibility index (Phi) is 2.87. The highest BCUT2D eigenvalue weighted by molar-refractivity contribution is 5.77. The van der Waals surface area contributed by atoms with Crippen molar-refractivity contribution in [2.75, 3.05) is 0 Å². The summed E-state index contributed by atoms with van der Waals surface area (Å²) < 4.78 is 0. The van der Waals surface area contributed by atoms with Crippen molar-refractivity contribution < 1.29 is 4.79 Å². The van der Waals surface area contributed by atoms with E-state index >= 15 is 0 Å². The van der Waals surface area contributed by atoms with Crippen LogP contribution in [0.1, 0.15) is 51.4 Å². The minimum atomic E-state index is -0.0885. The number of amides is 1. The molecule has 0 aromatic carbocycles. The number of hydrogen-bond donors (Lipinski definition) is 2. The number of hydrogen-bond acceptors (Lipinski definition) is 2. The zero-order chi connectivity index (χ0) is 13.0. The topological polar surface area (TPSA) is 55.1 Å². The molecule has 0 heterocycles.